The van der Waals surface area contributed by atoms with Crippen LogP contribution in [0.5, 0.6) is 5.75 Å². The average Bonchev–Trinajstić information content (AvgIpc) is 2.73. The molecule has 0 atom stereocenters. The van der Waals surface area contributed by atoms with E-state index in [4.69, 9.17) is 9.72 Å². The summed E-state index contributed by atoms with van der Waals surface area (Å²) in [5.41, 5.74) is 3.02. The van der Waals surface area contributed by atoms with E-state index < -0.39 is 0 Å². The number of benzene rings is 1. The number of fused-ring (bicyclic) bond motifs is 1. The van der Waals surface area contributed by atoms with Crippen molar-refractivity contribution in [2.24, 2.45) is 0 Å². The van der Waals surface area contributed by atoms with Crippen molar-refractivity contribution in [3.63, 3.8) is 0 Å². The van der Waals surface area contributed by atoms with Crippen LogP contribution in [-0.2, 0) is 13.0 Å². The van der Waals surface area contributed by atoms with Crippen LogP contribution in [0.15, 0.2) is 30.5 Å². The molecule has 0 unspecified atom stereocenters. The normalized spacial score (nSPS) is 17.7. The van der Waals surface area contributed by atoms with Crippen LogP contribution in [0.25, 0.3) is 0 Å². The van der Waals surface area contributed by atoms with Crippen LogP contribution in [0.4, 0.5) is 0 Å². The molecule has 1 saturated heterocycles. The lowest BCUT2D eigenvalue weighted by Crippen LogP contribution is -2.38. The molecule has 6 nitrogen and oxygen atoms in total. The van der Waals surface area contributed by atoms with Gasteiger partial charge in [0.2, 0.25) is 0 Å². The summed E-state index contributed by atoms with van der Waals surface area (Å²) >= 11 is 0. The Morgan fingerprint density at radius 1 is 1.27 bits per heavy atom. The van der Waals surface area contributed by atoms with Gasteiger partial charge in [-0.15, -0.1) is 0 Å². The first-order valence-electron chi connectivity index (χ1n) is 9.24. The van der Waals surface area contributed by atoms with Gasteiger partial charge in [-0.1, -0.05) is 12.1 Å². The number of nitrogens with one attached hydrogen (secondary N) is 1. The highest BCUT2D eigenvalue weighted by Crippen LogP contribution is 2.28. The second-order valence-electron chi connectivity index (χ2n) is 6.89. The summed E-state index contributed by atoms with van der Waals surface area (Å²) in [6.07, 6.45) is 4.74. The van der Waals surface area contributed by atoms with Crippen LogP contribution in [-0.4, -0.2) is 47.5 Å². The summed E-state index contributed by atoms with van der Waals surface area (Å²) in [6, 6.07) is 7.41. The molecule has 136 valence electrons. The Bertz CT molecular complexity index is 800. The first kappa shape index (κ1) is 17.0. The minimum atomic E-state index is 0.0401. The number of carbonyl (C=O) groups is 1. The number of methoxy groups -OCH3 is 1. The SMILES string of the molecule is COc1ccccc1C(=O)N1CCC(c2ncc3c(n2)CCNC3)CC1. The van der Waals surface area contributed by atoms with Crippen LogP contribution in [0.1, 0.15) is 46.2 Å². The van der Waals surface area contributed by atoms with E-state index in [1.54, 1.807) is 7.11 Å². The molecule has 4 rings (SSSR count). The molecule has 2 aliphatic rings. The molecule has 0 aliphatic carbocycles. The van der Waals surface area contributed by atoms with Crippen molar-refractivity contribution in [2.45, 2.75) is 31.7 Å². The third-order valence-corrected chi connectivity index (χ3v) is 5.31. The van der Waals surface area contributed by atoms with Gasteiger partial charge in [0.15, 0.2) is 0 Å². The van der Waals surface area contributed by atoms with Gasteiger partial charge in [0.05, 0.1) is 12.7 Å². The Kier molecular flexibility index (Phi) is 4.84. The maximum absolute atomic E-state index is 12.8. The third kappa shape index (κ3) is 3.29. The average molecular weight is 352 g/mol. The van der Waals surface area contributed by atoms with Gasteiger partial charge in [-0.25, -0.2) is 9.97 Å². The van der Waals surface area contributed by atoms with E-state index in [0.29, 0.717) is 17.2 Å². The van der Waals surface area contributed by atoms with Crippen molar-refractivity contribution >= 4 is 5.91 Å². The third-order valence-electron chi connectivity index (χ3n) is 5.31. The van der Waals surface area contributed by atoms with E-state index in [-0.39, 0.29) is 5.91 Å². The van der Waals surface area contributed by atoms with Gasteiger partial charge in [-0.2, -0.15) is 0 Å². The smallest absolute Gasteiger partial charge is 0.257 e. The standard InChI is InChI=1S/C20H24N4O2/c1-26-18-5-3-2-4-16(18)20(25)24-10-7-14(8-11-24)19-22-13-15-12-21-9-6-17(15)23-19/h2-5,13-14,21H,6-12H2,1H3. The second kappa shape index (κ2) is 7.41. The van der Waals surface area contributed by atoms with Crippen LogP contribution in [0.2, 0.25) is 0 Å². The van der Waals surface area contributed by atoms with Crippen LogP contribution >= 0.6 is 0 Å². The van der Waals surface area contributed by atoms with Crippen LogP contribution in [0, 0.1) is 0 Å². The maximum atomic E-state index is 12.8. The maximum Gasteiger partial charge on any atom is 0.257 e. The molecule has 0 radical (unpaired) electrons. The van der Waals surface area contributed by atoms with Crippen molar-refractivity contribution < 1.29 is 9.53 Å². The van der Waals surface area contributed by atoms with Gasteiger partial charge in [-0.05, 0) is 25.0 Å². The Labute approximate surface area is 153 Å². The predicted octanol–water partition coefficient (Wildman–Crippen LogP) is 2.15. The summed E-state index contributed by atoms with van der Waals surface area (Å²) in [6.45, 7) is 3.30. The zero-order chi connectivity index (χ0) is 17.9. The molecular formula is C20H24N4O2. The first-order chi connectivity index (χ1) is 12.8. The summed E-state index contributed by atoms with van der Waals surface area (Å²) in [7, 11) is 1.60. The summed E-state index contributed by atoms with van der Waals surface area (Å²) in [4.78, 5) is 24.1. The van der Waals surface area contributed by atoms with Crippen molar-refractivity contribution in [1.29, 1.82) is 0 Å². The molecule has 1 N–H and O–H groups in total. The largest absolute Gasteiger partial charge is 0.496 e. The minimum absolute atomic E-state index is 0.0401. The number of aromatic nitrogens is 2. The fourth-order valence-electron chi connectivity index (χ4n) is 3.78. The molecule has 0 spiro atoms. The Morgan fingerprint density at radius 2 is 2.08 bits per heavy atom. The molecule has 2 aliphatic heterocycles. The van der Waals surface area contributed by atoms with E-state index in [2.05, 4.69) is 10.3 Å². The lowest BCUT2D eigenvalue weighted by Gasteiger charge is -2.32. The number of hydrogen-bond donors (Lipinski definition) is 1. The van der Waals surface area contributed by atoms with Gasteiger partial charge in [-0.3, -0.25) is 4.79 Å². The van der Waals surface area contributed by atoms with Gasteiger partial charge >= 0.3 is 0 Å². The lowest BCUT2D eigenvalue weighted by molar-refractivity contribution is 0.0707. The quantitative estimate of drug-likeness (QED) is 0.917. The number of rotatable bonds is 3. The molecule has 3 heterocycles. The monoisotopic (exact) mass is 352 g/mol. The lowest BCUT2D eigenvalue weighted by atomic mass is 9.95. The highest BCUT2D eigenvalue weighted by atomic mass is 16.5. The molecule has 6 heteroatoms. The van der Waals surface area contributed by atoms with E-state index >= 15 is 0 Å². The topological polar surface area (TPSA) is 67.3 Å². The minimum Gasteiger partial charge on any atom is -0.496 e. The van der Waals surface area contributed by atoms with Crippen LogP contribution < -0.4 is 10.1 Å². The number of piperidine rings is 1. The molecule has 2 aromatic rings. The highest BCUT2D eigenvalue weighted by Gasteiger charge is 2.28. The fourth-order valence-corrected chi connectivity index (χ4v) is 3.78. The number of para-hydroxylation sites is 1. The van der Waals surface area contributed by atoms with Crippen molar-refractivity contribution in [3.05, 3.63) is 53.1 Å². The van der Waals surface area contributed by atoms with Crippen LogP contribution in [0.3, 0.4) is 0 Å². The van der Waals surface area contributed by atoms with Crippen molar-refractivity contribution in [3.8, 4) is 5.75 Å². The van der Waals surface area contributed by atoms with E-state index in [0.717, 1.165) is 51.3 Å². The second-order valence-corrected chi connectivity index (χ2v) is 6.89. The molecule has 0 saturated carbocycles. The number of likely N-dealkylation sites (tertiary alicyclic amines) is 1. The number of hydrogen-bond acceptors (Lipinski definition) is 5. The zero-order valence-electron chi connectivity index (χ0n) is 15.1. The van der Waals surface area contributed by atoms with Crippen molar-refractivity contribution in [1.82, 2.24) is 20.2 Å². The Hall–Kier alpha value is -2.47. The molecule has 1 aromatic carbocycles. The van der Waals surface area contributed by atoms with Gasteiger partial charge in [0.1, 0.15) is 11.6 Å². The van der Waals surface area contributed by atoms with E-state index in [1.165, 1.54) is 11.3 Å². The summed E-state index contributed by atoms with van der Waals surface area (Å²) in [5.74, 6) is 1.94. The number of nitrogens with zero attached hydrogens (tertiary/aromatic N) is 3. The number of amides is 1. The molecule has 0 bridgehead atoms. The van der Waals surface area contributed by atoms with Gasteiger partial charge in [0, 0.05) is 56.0 Å². The molecule has 26 heavy (non-hydrogen) atoms. The van der Waals surface area contributed by atoms with Gasteiger partial charge < -0.3 is 15.0 Å². The fraction of sp³-hybridized carbons (Fsp3) is 0.450. The molecule has 1 fully saturated rings. The predicted molar refractivity (Wildman–Crippen MR) is 98.3 cm³/mol. The van der Waals surface area contributed by atoms with Gasteiger partial charge in [0.25, 0.3) is 5.91 Å². The molecule has 1 aromatic heterocycles. The number of ether oxygens (including phenoxy) is 1. The van der Waals surface area contributed by atoms with E-state index in [9.17, 15) is 4.79 Å². The summed E-state index contributed by atoms with van der Waals surface area (Å²) in [5, 5.41) is 3.35. The molecular weight excluding hydrogens is 328 g/mol. The first-order valence-corrected chi connectivity index (χ1v) is 9.24. The molecule has 1 amide bonds. The number of carbonyl (C=O) groups excluding carboxylic acids is 1. The van der Waals surface area contributed by atoms with Crippen molar-refractivity contribution in [2.75, 3.05) is 26.7 Å². The van der Waals surface area contributed by atoms with E-state index in [1.807, 2.05) is 35.4 Å². The highest BCUT2D eigenvalue weighted by molar-refractivity contribution is 5.97. The Balaban J connectivity index is 1.43. The summed E-state index contributed by atoms with van der Waals surface area (Å²) < 4.78 is 5.33. The zero-order valence-corrected chi connectivity index (χ0v) is 15.1. The Morgan fingerprint density at radius 3 is 2.88 bits per heavy atom.